The Labute approximate surface area is 119 Å². The molecule has 0 spiro atoms. The van der Waals surface area contributed by atoms with Gasteiger partial charge in [0.25, 0.3) is 0 Å². The molecule has 4 nitrogen and oxygen atoms in total. The lowest BCUT2D eigenvalue weighted by atomic mass is 9.89. The number of carbonyl (C=O) groups is 1. The highest BCUT2D eigenvalue weighted by molar-refractivity contribution is 5.88. The van der Waals surface area contributed by atoms with Gasteiger partial charge in [0.15, 0.2) is 11.5 Å². The molecule has 4 heteroatoms. The van der Waals surface area contributed by atoms with Gasteiger partial charge in [0.05, 0.1) is 18.3 Å². The van der Waals surface area contributed by atoms with Gasteiger partial charge in [-0.3, -0.25) is 0 Å². The van der Waals surface area contributed by atoms with Crippen molar-refractivity contribution in [2.24, 2.45) is 5.92 Å². The smallest absolute Gasteiger partial charge is 0.335 e. The van der Waals surface area contributed by atoms with Crippen molar-refractivity contribution in [2.75, 3.05) is 6.61 Å². The standard InChI is InChI=1S/C16H22O4/c1-3-19-15-10-12(16(17)18)7-8-14(15)20-13-6-4-5-11(2)9-13/h7-8,10-11,13H,3-6,9H2,1-2H3,(H,17,18). The number of benzene rings is 1. The molecule has 0 amide bonds. The Balaban J connectivity index is 2.15. The monoisotopic (exact) mass is 278 g/mol. The summed E-state index contributed by atoms with van der Waals surface area (Å²) in [5.41, 5.74) is 0.220. The second-order valence-corrected chi connectivity index (χ2v) is 5.41. The van der Waals surface area contributed by atoms with Crippen molar-refractivity contribution in [3.8, 4) is 11.5 Å². The molecule has 110 valence electrons. The van der Waals surface area contributed by atoms with Crippen LogP contribution in [0.25, 0.3) is 0 Å². The first-order valence-electron chi connectivity index (χ1n) is 7.27. The van der Waals surface area contributed by atoms with Crippen molar-refractivity contribution in [3.63, 3.8) is 0 Å². The molecule has 0 heterocycles. The molecule has 2 atom stereocenters. The van der Waals surface area contributed by atoms with Gasteiger partial charge in [-0.05, 0) is 50.3 Å². The molecule has 1 aromatic carbocycles. The average molecular weight is 278 g/mol. The van der Waals surface area contributed by atoms with Gasteiger partial charge >= 0.3 is 5.97 Å². The van der Waals surface area contributed by atoms with E-state index in [1.54, 1.807) is 12.1 Å². The number of hydrogen-bond acceptors (Lipinski definition) is 3. The molecule has 0 bridgehead atoms. The summed E-state index contributed by atoms with van der Waals surface area (Å²) in [6.07, 6.45) is 4.75. The highest BCUT2D eigenvalue weighted by Gasteiger charge is 2.22. The third kappa shape index (κ3) is 3.65. The van der Waals surface area contributed by atoms with Crippen LogP contribution in [0.2, 0.25) is 0 Å². The second kappa shape index (κ2) is 6.64. The van der Waals surface area contributed by atoms with Gasteiger partial charge in [-0.15, -0.1) is 0 Å². The molecule has 0 radical (unpaired) electrons. The number of hydrogen-bond donors (Lipinski definition) is 1. The molecule has 1 fully saturated rings. The summed E-state index contributed by atoms with van der Waals surface area (Å²) in [6.45, 7) is 4.60. The summed E-state index contributed by atoms with van der Waals surface area (Å²) >= 11 is 0. The fourth-order valence-corrected chi connectivity index (χ4v) is 2.67. The predicted molar refractivity (Wildman–Crippen MR) is 76.6 cm³/mol. The van der Waals surface area contributed by atoms with Crippen LogP contribution in [0, 0.1) is 5.92 Å². The molecule has 1 saturated carbocycles. The van der Waals surface area contributed by atoms with Crippen LogP contribution in [-0.2, 0) is 0 Å². The summed E-state index contributed by atoms with van der Waals surface area (Å²) in [6, 6.07) is 4.80. The highest BCUT2D eigenvalue weighted by atomic mass is 16.5. The lowest BCUT2D eigenvalue weighted by Gasteiger charge is -2.28. The molecule has 20 heavy (non-hydrogen) atoms. The Kier molecular flexibility index (Phi) is 4.88. The van der Waals surface area contributed by atoms with Crippen molar-refractivity contribution in [1.82, 2.24) is 0 Å². The predicted octanol–water partition coefficient (Wildman–Crippen LogP) is 3.74. The lowest BCUT2D eigenvalue weighted by molar-refractivity contribution is 0.0696. The maximum Gasteiger partial charge on any atom is 0.335 e. The quantitative estimate of drug-likeness (QED) is 0.891. The molecular formula is C16H22O4. The molecule has 1 aliphatic carbocycles. The molecule has 0 saturated heterocycles. The summed E-state index contributed by atoms with van der Waals surface area (Å²) in [5, 5.41) is 9.03. The molecule has 0 aromatic heterocycles. The summed E-state index contributed by atoms with van der Waals surface area (Å²) < 4.78 is 11.5. The van der Waals surface area contributed by atoms with Crippen LogP contribution in [-0.4, -0.2) is 23.8 Å². The number of carboxylic acid groups (broad SMARTS) is 1. The van der Waals surface area contributed by atoms with Crippen LogP contribution in [0.5, 0.6) is 11.5 Å². The fourth-order valence-electron chi connectivity index (χ4n) is 2.67. The summed E-state index contributed by atoms with van der Waals surface area (Å²) in [5.74, 6) is 0.896. The van der Waals surface area contributed by atoms with E-state index in [1.165, 1.54) is 18.9 Å². The van der Waals surface area contributed by atoms with E-state index >= 15 is 0 Å². The van der Waals surface area contributed by atoms with Crippen molar-refractivity contribution >= 4 is 5.97 Å². The number of rotatable bonds is 5. The van der Waals surface area contributed by atoms with Gasteiger partial charge in [-0.2, -0.15) is 0 Å². The molecule has 1 N–H and O–H groups in total. The first-order valence-corrected chi connectivity index (χ1v) is 7.27. The van der Waals surface area contributed by atoms with Crippen molar-refractivity contribution in [3.05, 3.63) is 23.8 Å². The highest BCUT2D eigenvalue weighted by Crippen LogP contribution is 2.33. The minimum Gasteiger partial charge on any atom is -0.490 e. The third-order valence-electron chi connectivity index (χ3n) is 3.67. The minimum atomic E-state index is -0.955. The molecule has 2 rings (SSSR count). The zero-order chi connectivity index (χ0) is 14.5. The molecule has 1 aliphatic rings. The fraction of sp³-hybridized carbons (Fsp3) is 0.562. The zero-order valence-electron chi connectivity index (χ0n) is 12.1. The molecule has 0 aliphatic heterocycles. The van der Waals surface area contributed by atoms with Crippen molar-refractivity contribution in [2.45, 2.75) is 45.6 Å². The Morgan fingerprint density at radius 3 is 2.80 bits per heavy atom. The van der Waals surface area contributed by atoms with Crippen molar-refractivity contribution in [1.29, 1.82) is 0 Å². The van der Waals surface area contributed by atoms with Gasteiger partial charge in [0.1, 0.15) is 0 Å². The van der Waals surface area contributed by atoms with Crippen LogP contribution < -0.4 is 9.47 Å². The Morgan fingerprint density at radius 1 is 1.35 bits per heavy atom. The van der Waals surface area contributed by atoms with E-state index in [0.717, 1.165) is 12.8 Å². The first-order chi connectivity index (χ1) is 9.60. The van der Waals surface area contributed by atoms with E-state index in [0.29, 0.717) is 24.0 Å². The van der Waals surface area contributed by atoms with E-state index < -0.39 is 5.97 Å². The Morgan fingerprint density at radius 2 is 2.15 bits per heavy atom. The normalized spacial score (nSPS) is 22.3. The van der Waals surface area contributed by atoms with Crippen LogP contribution in [0.4, 0.5) is 0 Å². The van der Waals surface area contributed by atoms with Crippen LogP contribution >= 0.6 is 0 Å². The van der Waals surface area contributed by atoms with E-state index in [1.807, 2.05) is 6.92 Å². The maximum atomic E-state index is 11.0. The first kappa shape index (κ1) is 14.7. The molecule has 1 aromatic rings. The Bertz CT molecular complexity index is 470. The van der Waals surface area contributed by atoms with Crippen LogP contribution in [0.1, 0.15) is 49.9 Å². The minimum absolute atomic E-state index is 0.202. The third-order valence-corrected chi connectivity index (χ3v) is 3.67. The van der Waals surface area contributed by atoms with Crippen LogP contribution in [0.15, 0.2) is 18.2 Å². The SMILES string of the molecule is CCOc1cc(C(=O)O)ccc1OC1CCCC(C)C1. The second-order valence-electron chi connectivity index (χ2n) is 5.41. The molecule has 2 unspecified atom stereocenters. The largest absolute Gasteiger partial charge is 0.490 e. The summed E-state index contributed by atoms with van der Waals surface area (Å²) in [7, 11) is 0. The van der Waals surface area contributed by atoms with Gasteiger partial charge in [-0.1, -0.05) is 13.3 Å². The topological polar surface area (TPSA) is 55.8 Å². The summed E-state index contributed by atoms with van der Waals surface area (Å²) in [4.78, 5) is 11.0. The lowest BCUT2D eigenvalue weighted by Crippen LogP contribution is -2.24. The number of ether oxygens (including phenoxy) is 2. The average Bonchev–Trinajstić information content (AvgIpc) is 2.41. The van der Waals surface area contributed by atoms with Crippen molar-refractivity contribution < 1.29 is 19.4 Å². The van der Waals surface area contributed by atoms with Gasteiger partial charge in [-0.25, -0.2) is 4.79 Å². The van der Waals surface area contributed by atoms with E-state index in [-0.39, 0.29) is 11.7 Å². The number of carboxylic acids is 1. The van der Waals surface area contributed by atoms with E-state index in [2.05, 4.69) is 6.92 Å². The van der Waals surface area contributed by atoms with Gasteiger partial charge < -0.3 is 14.6 Å². The number of aromatic carboxylic acids is 1. The van der Waals surface area contributed by atoms with Gasteiger partial charge in [0, 0.05) is 0 Å². The molecular weight excluding hydrogens is 256 g/mol. The maximum absolute atomic E-state index is 11.0. The van der Waals surface area contributed by atoms with Gasteiger partial charge in [0.2, 0.25) is 0 Å². The zero-order valence-corrected chi connectivity index (χ0v) is 12.1. The van der Waals surface area contributed by atoms with E-state index in [9.17, 15) is 4.79 Å². The Hall–Kier alpha value is -1.71. The van der Waals surface area contributed by atoms with Crippen LogP contribution in [0.3, 0.4) is 0 Å². The van der Waals surface area contributed by atoms with E-state index in [4.69, 9.17) is 14.6 Å².